The van der Waals surface area contributed by atoms with Crippen molar-refractivity contribution < 1.29 is 23.0 Å². The minimum absolute atomic E-state index is 0.0574. The van der Waals surface area contributed by atoms with Gasteiger partial charge in [0.25, 0.3) is 0 Å². The summed E-state index contributed by atoms with van der Waals surface area (Å²) in [4.78, 5) is 11.8. The van der Waals surface area contributed by atoms with Crippen LogP contribution in [0.2, 0.25) is 0 Å². The molecule has 0 radical (unpaired) electrons. The Hall–Kier alpha value is -3.36. The van der Waals surface area contributed by atoms with E-state index in [0.717, 1.165) is 17.8 Å². The predicted molar refractivity (Wildman–Crippen MR) is 85.9 cm³/mol. The number of ether oxygens (including phenoxy) is 2. The summed E-state index contributed by atoms with van der Waals surface area (Å²) in [5, 5.41) is 10.8. The number of carbonyl (C=O) groups is 1. The molecule has 1 heterocycles. The van der Waals surface area contributed by atoms with Gasteiger partial charge in [-0.3, -0.25) is 4.79 Å². The first kappa shape index (κ1) is 17.5. The molecule has 3 rings (SSSR count). The zero-order valence-corrected chi connectivity index (χ0v) is 13.5. The summed E-state index contributed by atoms with van der Waals surface area (Å²) in [6.07, 6.45) is 1.88. The van der Waals surface area contributed by atoms with E-state index in [2.05, 4.69) is 15.5 Å². The van der Waals surface area contributed by atoms with Crippen molar-refractivity contribution >= 4 is 5.97 Å². The van der Waals surface area contributed by atoms with Gasteiger partial charge in [-0.1, -0.05) is 0 Å². The third kappa shape index (κ3) is 4.59. The van der Waals surface area contributed by atoms with Crippen molar-refractivity contribution in [2.24, 2.45) is 0 Å². The smallest absolute Gasteiger partial charge is 0.311 e. The standard InChI is InChI=1S/C17H14F2N4O3/c18-12-3-8-16(15(19)10-12)25-9-1-2-17(24)26-14-6-4-13(5-7-14)23-11-20-21-22-23/h3-8,10-11H,1-2,9H2. The van der Waals surface area contributed by atoms with Crippen LogP contribution in [0.15, 0.2) is 48.8 Å². The lowest BCUT2D eigenvalue weighted by Crippen LogP contribution is -2.10. The molecule has 7 nitrogen and oxygen atoms in total. The largest absolute Gasteiger partial charge is 0.491 e. The lowest BCUT2D eigenvalue weighted by molar-refractivity contribution is -0.134. The normalized spacial score (nSPS) is 10.5. The lowest BCUT2D eigenvalue weighted by atomic mass is 10.3. The van der Waals surface area contributed by atoms with Gasteiger partial charge in [-0.05, 0) is 53.2 Å². The Morgan fingerprint density at radius 1 is 1.12 bits per heavy atom. The molecule has 26 heavy (non-hydrogen) atoms. The van der Waals surface area contributed by atoms with Gasteiger partial charge in [0.2, 0.25) is 0 Å². The summed E-state index contributed by atoms with van der Waals surface area (Å²) in [5.74, 6) is -1.57. The van der Waals surface area contributed by atoms with E-state index in [-0.39, 0.29) is 18.8 Å². The fraction of sp³-hybridized carbons (Fsp3) is 0.176. The quantitative estimate of drug-likeness (QED) is 0.366. The third-order valence-corrected chi connectivity index (χ3v) is 3.36. The van der Waals surface area contributed by atoms with Crippen molar-refractivity contribution in [3.05, 3.63) is 60.4 Å². The van der Waals surface area contributed by atoms with Gasteiger partial charge in [0.05, 0.1) is 12.3 Å². The number of hydrogen-bond donors (Lipinski definition) is 0. The molecule has 0 saturated carbocycles. The second-order valence-corrected chi connectivity index (χ2v) is 5.25. The van der Waals surface area contributed by atoms with Gasteiger partial charge in [0, 0.05) is 12.5 Å². The van der Waals surface area contributed by atoms with Gasteiger partial charge >= 0.3 is 5.97 Å². The van der Waals surface area contributed by atoms with E-state index in [1.165, 1.54) is 17.1 Å². The summed E-state index contributed by atoms with van der Waals surface area (Å²) in [7, 11) is 0. The number of halogens is 2. The topological polar surface area (TPSA) is 79.1 Å². The Bertz CT molecular complexity index is 870. The maximum Gasteiger partial charge on any atom is 0.311 e. The molecule has 0 bridgehead atoms. The third-order valence-electron chi connectivity index (χ3n) is 3.36. The highest BCUT2D eigenvalue weighted by Gasteiger charge is 2.08. The molecule has 0 fully saturated rings. The van der Waals surface area contributed by atoms with E-state index in [0.29, 0.717) is 12.2 Å². The molecular formula is C17H14F2N4O3. The van der Waals surface area contributed by atoms with Crippen LogP contribution in [-0.2, 0) is 4.79 Å². The van der Waals surface area contributed by atoms with E-state index in [9.17, 15) is 13.6 Å². The van der Waals surface area contributed by atoms with Crippen molar-refractivity contribution in [3.8, 4) is 17.2 Å². The molecule has 0 unspecified atom stereocenters. The second-order valence-electron chi connectivity index (χ2n) is 5.25. The Balaban J connectivity index is 1.42. The number of hydrogen-bond acceptors (Lipinski definition) is 6. The molecule has 0 aliphatic heterocycles. The molecule has 0 N–H and O–H groups in total. The molecule has 0 saturated heterocycles. The number of nitrogens with zero attached hydrogens (tertiary/aromatic N) is 4. The van der Waals surface area contributed by atoms with Crippen molar-refractivity contribution in [1.29, 1.82) is 0 Å². The van der Waals surface area contributed by atoms with Crippen molar-refractivity contribution in [3.63, 3.8) is 0 Å². The monoisotopic (exact) mass is 360 g/mol. The van der Waals surface area contributed by atoms with Crippen LogP contribution < -0.4 is 9.47 Å². The molecule has 0 aliphatic carbocycles. The number of rotatable bonds is 7. The van der Waals surface area contributed by atoms with Gasteiger partial charge in [-0.15, -0.1) is 5.10 Å². The number of aromatic nitrogens is 4. The predicted octanol–water partition coefficient (Wildman–Crippen LogP) is 2.71. The lowest BCUT2D eigenvalue weighted by Gasteiger charge is -2.08. The van der Waals surface area contributed by atoms with Crippen molar-refractivity contribution in [1.82, 2.24) is 20.2 Å². The first-order chi connectivity index (χ1) is 12.6. The molecule has 3 aromatic rings. The molecule has 134 valence electrons. The Morgan fingerprint density at radius 2 is 1.92 bits per heavy atom. The van der Waals surface area contributed by atoms with E-state index in [1.807, 2.05) is 0 Å². The van der Waals surface area contributed by atoms with E-state index in [1.54, 1.807) is 24.3 Å². The van der Waals surface area contributed by atoms with E-state index in [4.69, 9.17) is 9.47 Å². The van der Waals surface area contributed by atoms with Crippen LogP contribution in [0, 0.1) is 11.6 Å². The van der Waals surface area contributed by atoms with Crippen LogP contribution in [0.4, 0.5) is 8.78 Å². The van der Waals surface area contributed by atoms with Crippen LogP contribution in [0.3, 0.4) is 0 Å². The molecule has 2 aromatic carbocycles. The average molecular weight is 360 g/mol. The van der Waals surface area contributed by atoms with Gasteiger partial charge < -0.3 is 9.47 Å². The summed E-state index contributed by atoms with van der Waals surface area (Å²) >= 11 is 0. The maximum absolute atomic E-state index is 13.4. The molecule has 0 atom stereocenters. The van der Waals surface area contributed by atoms with Crippen LogP contribution in [0.25, 0.3) is 5.69 Å². The number of tetrazole rings is 1. The highest BCUT2D eigenvalue weighted by atomic mass is 19.1. The number of benzene rings is 2. The van der Waals surface area contributed by atoms with Gasteiger partial charge in [-0.2, -0.15) is 0 Å². The summed E-state index contributed by atoms with van der Waals surface area (Å²) < 4.78 is 38.0. The Kier molecular flexibility index (Phi) is 5.47. The minimum atomic E-state index is -0.782. The summed E-state index contributed by atoms with van der Waals surface area (Å²) in [6.45, 7) is 0.107. The fourth-order valence-corrected chi connectivity index (χ4v) is 2.12. The second kappa shape index (κ2) is 8.15. The molecule has 1 aromatic heterocycles. The van der Waals surface area contributed by atoms with Crippen molar-refractivity contribution in [2.75, 3.05) is 6.61 Å². The zero-order chi connectivity index (χ0) is 18.4. The van der Waals surface area contributed by atoms with Gasteiger partial charge in [0.15, 0.2) is 11.6 Å². The maximum atomic E-state index is 13.4. The first-order valence-corrected chi connectivity index (χ1v) is 7.74. The summed E-state index contributed by atoms with van der Waals surface area (Å²) in [6, 6.07) is 9.71. The molecular weight excluding hydrogens is 346 g/mol. The van der Waals surface area contributed by atoms with Crippen LogP contribution >= 0.6 is 0 Å². The average Bonchev–Trinajstić information content (AvgIpc) is 3.15. The molecule has 0 aliphatic rings. The molecule has 0 spiro atoms. The first-order valence-electron chi connectivity index (χ1n) is 7.74. The highest BCUT2D eigenvalue weighted by molar-refractivity contribution is 5.72. The summed E-state index contributed by atoms with van der Waals surface area (Å²) in [5.41, 5.74) is 0.726. The van der Waals surface area contributed by atoms with Crippen LogP contribution in [-0.4, -0.2) is 32.8 Å². The number of carbonyl (C=O) groups excluding carboxylic acids is 1. The van der Waals surface area contributed by atoms with E-state index >= 15 is 0 Å². The van der Waals surface area contributed by atoms with Gasteiger partial charge in [0.1, 0.15) is 17.9 Å². The zero-order valence-electron chi connectivity index (χ0n) is 13.5. The number of esters is 1. The Labute approximate surface area is 147 Å². The highest BCUT2D eigenvalue weighted by Crippen LogP contribution is 2.18. The minimum Gasteiger partial charge on any atom is -0.491 e. The van der Waals surface area contributed by atoms with Gasteiger partial charge in [-0.25, -0.2) is 13.5 Å². The van der Waals surface area contributed by atoms with Crippen LogP contribution in [0.5, 0.6) is 11.5 Å². The fourth-order valence-electron chi connectivity index (χ4n) is 2.12. The molecule has 0 amide bonds. The SMILES string of the molecule is O=C(CCCOc1ccc(F)cc1F)Oc1ccc(-n2cnnn2)cc1. The van der Waals surface area contributed by atoms with E-state index < -0.39 is 17.6 Å². The Morgan fingerprint density at radius 3 is 2.62 bits per heavy atom. The molecule has 9 heteroatoms. The van der Waals surface area contributed by atoms with Crippen molar-refractivity contribution in [2.45, 2.75) is 12.8 Å². The van der Waals surface area contributed by atoms with Crippen LogP contribution in [0.1, 0.15) is 12.8 Å².